The summed E-state index contributed by atoms with van der Waals surface area (Å²) in [4.78, 5) is 16.6. The van der Waals surface area contributed by atoms with E-state index < -0.39 is 6.04 Å². The largest absolute Gasteiger partial charge is 0.320 e. The highest BCUT2D eigenvalue weighted by Crippen LogP contribution is 2.16. The average molecular weight is 250 g/mol. The zero-order valence-electron chi connectivity index (χ0n) is 8.98. The second-order valence-corrected chi connectivity index (χ2v) is 4.77. The molecule has 1 aromatic rings. The second-order valence-electron chi connectivity index (χ2n) is 3.54. The number of anilines is 1. The van der Waals surface area contributed by atoms with Gasteiger partial charge in [0.25, 0.3) is 0 Å². The van der Waals surface area contributed by atoms with Gasteiger partial charge in [0.05, 0.1) is 6.04 Å². The number of carbonyl (C=O) groups is 1. The number of nitrogens with zero attached hydrogens (tertiary/aromatic N) is 1. The summed E-state index contributed by atoms with van der Waals surface area (Å²) in [5.41, 5.74) is 5.68. The van der Waals surface area contributed by atoms with Crippen LogP contribution in [0.1, 0.15) is 18.7 Å². The number of carbonyl (C=O) groups excluding carboxylic acids is 1. The number of hydrogen-bond acceptors (Lipinski definition) is 4. The molecular weight excluding hydrogens is 234 g/mol. The van der Waals surface area contributed by atoms with Gasteiger partial charge in [-0.3, -0.25) is 4.79 Å². The number of thiazole rings is 1. The lowest BCUT2D eigenvalue weighted by atomic mass is 10.1. The van der Waals surface area contributed by atoms with Crippen molar-refractivity contribution in [1.29, 1.82) is 0 Å². The average Bonchev–Trinajstić information content (AvgIpc) is 2.49. The molecule has 0 fully saturated rings. The van der Waals surface area contributed by atoms with Crippen LogP contribution < -0.4 is 11.1 Å². The summed E-state index contributed by atoms with van der Waals surface area (Å²) in [7, 11) is 0. The molecule has 15 heavy (non-hydrogen) atoms. The van der Waals surface area contributed by atoms with Crippen molar-refractivity contribution < 1.29 is 4.79 Å². The molecule has 86 valence electrons. The molecule has 0 radical (unpaired) electrons. The first-order valence-electron chi connectivity index (χ1n) is 4.49. The Morgan fingerprint density at radius 2 is 2.20 bits per heavy atom. The molecular formula is C9H16ClN3OS. The first kappa shape index (κ1) is 14.3. The number of amides is 1. The Bertz CT molecular complexity index is 327. The van der Waals surface area contributed by atoms with Crippen LogP contribution in [0.15, 0.2) is 6.20 Å². The predicted octanol–water partition coefficient (Wildman–Crippen LogP) is 1.80. The smallest absolute Gasteiger partial charge is 0.243 e. The Balaban J connectivity index is 0.00000196. The van der Waals surface area contributed by atoms with E-state index in [0.717, 1.165) is 4.88 Å². The molecule has 1 amide bonds. The summed E-state index contributed by atoms with van der Waals surface area (Å²) < 4.78 is 0. The van der Waals surface area contributed by atoms with Crippen molar-refractivity contribution in [2.45, 2.75) is 26.8 Å². The maximum Gasteiger partial charge on any atom is 0.243 e. The minimum atomic E-state index is -0.473. The Hall–Kier alpha value is -0.650. The number of aromatic nitrogens is 1. The van der Waals surface area contributed by atoms with E-state index >= 15 is 0 Å². The highest BCUT2D eigenvalue weighted by molar-refractivity contribution is 7.15. The predicted molar refractivity (Wildman–Crippen MR) is 65.5 cm³/mol. The quantitative estimate of drug-likeness (QED) is 0.858. The fourth-order valence-electron chi connectivity index (χ4n) is 0.904. The Kier molecular flexibility index (Phi) is 5.79. The normalized spacial score (nSPS) is 12.1. The lowest BCUT2D eigenvalue weighted by Crippen LogP contribution is -2.39. The zero-order chi connectivity index (χ0) is 10.7. The van der Waals surface area contributed by atoms with Gasteiger partial charge in [-0.15, -0.1) is 23.7 Å². The minimum Gasteiger partial charge on any atom is -0.320 e. The van der Waals surface area contributed by atoms with Gasteiger partial charge in [0.2, 0.25) is 5.91 Å². The maximum absolute atomic E-state index is 11.5. The van der Waals surface area contributed by atoms with E-state index in [0.29, 0.717) is 5.13 Å². The van der Waals surface area contributed by atoms with Crippen molar-refractivity contribution >= 4 is 34.8 Å². The summed E-state index contributed by atoms with van der Waals surface area (Å²) in [5, 5.41) is 3.30. The molecule has 1 heterocycles. The van der Waals surface area contributed by atoms with E-state index in [-0.39, 0.29) is 24.2 Å². The molecule has 0 spiro atoms. The second kappa shape index (κ2) is 6.05. The van der Waals surface area contributed by atoms with Gasteiger partial charge in [-0.2, -0.15) is 0 Å². The summed E-state index contributed by atoms with van der Waals surface area (Å²) in [6, 6.07) is -0.473. The highest BCUT2D eigenvalue weighted by Gasteiger charge is 2.17. The third-order valence-corrected chi connectivity index (χ3v) is 2.70. The van der Waals surface area contributed by atoms with Gasteiger partial charge in [-0.25, -0.2) is 4.98 Å². The van der Waals surface area contributed by atoms with Crippen molar-refractivity contribution in [2.24, 2.45) is 11.7 Å². The van der Waals surface area contributed by atoms with E-state index in [1.807, 2.05) is 20.8 Å². The van der Waals surface area contributed by atoms with Crippen molar-refractivity contribution in [1.82, 2.24) is 4.98 Å². The van der Waals surface area contributed by atoms with Gasteiger partial charge < -0.3 is 11.1 Å². The molecule has 0 saturated heterocycles. The third-order valence-electron chi connectivity index (χ3n) is 1.87. The number of nitrogens with one attached hydrogen (secondary N) is 1. The molecule has 1 atom stereocenters. The van der Waals surface area contributed by atoms with E-state index in [1.54, 1.807) is 6.20 Å². The molecule has 4 nitrogen and oxygen atoms in total. The lowest BCUT2D eigenvalue weighted by molar-refractivity contribution is -0.118. The highest BCUT2D eigenvalue weighted by atomic mass is 35.5. The molecule has 0 aliphatic carbocycles. The van der Waals surface area contributed by atoms with E-state index in [9.17, 15) is 4.79 Å². The fraction of sp³-hybridized carbons (Fsp3) is 0.556. The number of halogens is 1. The van der Waals surface area contributed by atoms with Crippen LogP contribution in [0.25, 0.3) is 0 Å². The molecule has 0 aliphatic rings. The Labute approximate surface area is 99.7 Å². The van der Waals surface area contributed by atoms with E-state index in [2.05, 4.69) is 10.3 Å². The van der Waals surface area contributed by atoms with Crippen molar-refractivity contribution in [2.75, 3.05) is 5.32 Å². The van der Waals surface area contributed by atoms with Crippen molar-refractivity contribution in [3.63, 3.8) is 0 Å². The van der Waals surface area contributed by atoms with Crippen LogP contribution in [-0.2, 0) is 4.79 Å². The van der Waals surface area contributed by atoms with Gasteiger partial charge in [0.1, 0.15) is 0 Å². The van der Waals surface area contributed by atoms with Gasteiger partial charge in [-0.1, -0.05) is 13.8 Å². The fourth-order valence-corrected chi connectivity index (χ4v) is 1.57. The van der Waals surface area contributed by atoms with Crippen LogP contribution in [0.5, 0.6) is 0 Å². The number of hydrogen-bond donors (Lipinski definition) is 2. The zero-order valence-corrected chi connectivity index (χ0v) is 10.6. The molecule has 0 unspecified atom stereocenters. The van der Waals surface area contributed by atoms with Gasteiger partial charge in [0.15, 0.2) is 5.13 Å². The van der Waals surface area contributed by atoms with Gasteiger partial charge in [0, 0.05) is 11.1 Å². The topological polar surface area (TPSA) is 68.0 Å². The van der Waals surface area contributed by atoms with Crippen LogP contribution >= 0.6 is 23.7 Å². The van der Waals surface area contributed by atoms with E-state index in [4.69, 9.17) is 5.73 Å². The van der Waals surface area contributed by atoms with E-state index in [1.165, 1.54) is 11.3 Å². The van der Waals surface area contributed by atoms with Crippen LogP contribution in [0, 0.1) is 12.8 Å². The molecule has 3 N–H and O–H groups in total. The first-order valence-corrected chi connectivity index (χ1v) is 5.31. The monoisotopic (exact) mass is 249 g/mol. The molecule has 0 saturated carbocycles. The lowest BCUT2D eigenvalue weighted by Gasteiger charge is -2.13. The minimum absolute atomic E-state index is 0. The van der Waals surface area contributed by atoms with Crippen LogP contribution in [0.4, 0.5) is 5.13 Å². The number of aryl methyl sites for hydroxylation is 1. The van der Waals surface area contributed by atoms with Gasteiger partial charge in [-0.05, 0) is 12.8 Å². The van der Waals surface area contributed by atoms with Crippen LogP contribution in [0.3, 0.4) is 0 Å². The molecule has 1 aromatic heterocycles. The number of rotatable bonds is 3. The van der Waals surface area contributed by atoms with Crippen LogP contribution in [-0.4, -0.2) is 16.9 Å². The van der Waals surface area contributed by atoms with Crippen molar-refractivity contribution in [3.8, 4) is 0 Å². The molecule has 0 aliphatic heterocycles. The Morgan fingerprint density at radius 3 is 2.60 bits per heavy atom. The summed E-state index contributed by atoms with van der Waals surface area (Å²) in [6.07, 6.45) is 1.72. The summed E-state index contributed by atoms with van der Waals surface area (Å²) >= 11 is 1.45. The van der Waals surface area contributed by atoms with Gasteiger partial charge >= 0.3 is 0 Å². The summed E-state index contributed by atoms with van der Waals surface area (Å²) in [5.74, 6) is -0.0367. The third kappa shape index (κ3) is 4.15. The SMILES string of the molecule is Cc1cnc(NC(=O)[C@@H](N)C(C)C)s1.Cl. The van der Waals surface area contributed by atoms with Crippen molar-refractivity contribution in [3.05, 3.63) is 11.1 Å². The first-order chi connectivity index (χ1) is 6.50. The molecule has 0 bridgehead atoms. The maximum atomic E-state index is 11.5. The molecule has 6 heteroatoms. The summed E-state index contributed by atoms with van der Waals surface area (Å²) in [6.45, 7) is 5.77. The standard InChI is InChI=1S/C9H15N3OS.ClH/c1-5(2)7(10)8(13)12-9-11-4-6(3)14-9;/h4-5,7H,10H2,1-3H3,(H,11,12,13);1H/t7-;/m0./s1. The number of nitrogens with two attached hydrogens (primary N) is 1. The van der Waals surface area contributed by atoms with Crippen LogP contribution in [0.2, 0.25) is 0 Å². The molecule has 0 aromatic carbocycles. The molecule has 1 rings (SSSR count). The Morgan fingerprint density at radius 1 is 1.60 bits per heavy atom.